The largest absolute Gasteiger partial charge is 0.308 e. The van der Waals surface area contributed by atoms with E-state index < -0.39 is 0 Å². The van der Waals surface area contributed by atoms with Crippen LogP contribution in [0.25, 0.3) is 0 Å². The predicted octanol–water partition coefficient (Wildman–Crippen LogP) is 3.90. The number of nitrogens with zero attached hydrogens (tertiary/aromatic N) is 1. The summed E-state index contributed by atoms with van der Waals surface area (Å²) >= 11 is 0. The maximum atomic E-state index is 10.6. The van der Waals surface area contributed by atoms with Gasteiger partial charge in [-0.25, -0.2) is 0 Å². The number of rotatable bonds is 5. The highest BCUT2D eigenvalue weighted by atomic mass is 16.6. The van der Waals surface area contributed by atoms with E-state index in [4.69, 9.17) is 0 Å². The van der Waals surface area contributed by atoms with Crippen LogP contribution in [0.2, 0.25) is 0 Å². The van der Waals surface area contributed by atoms with Crippen LogP contribution in [0.4, 0.5) is 5.69 Å². The normalized spacial score (nSPS) is 12.5. The molecule has 0 heterocycles. The molecule has 0 aliphatic rings. The third-order valence-electron chi connectivity index (χ3n) is 2.89. The lowest BCUT2D eigenvalue weighted by molar-refractivity contribution is -0.384. The number of nitro benzene ring substituents is 1. The van der Waals surface area contributed by atoms with Gasteiger partial charge in [-0.15, -0.1) is 0 Å². The lowest BCUT2D eigenvalue weighted by Crippen LogP contribution is -2.41. The molecular weight excluding hydrogens is 240 g/mol. The molecule has 0 fully saturated rings. The van der Waals surface area contributed by atoms with Gasteiger partial charge < -0.3 is 5.32 Å². The van der Waals surface area contributed by atoms with Crippen LogP contribution in [-0.4, -0.2) is 10.5 Å². The average molecular weight is 264 g/mol. The monoisotopic (exact) mass is 264 g/mol. The Bertz CT molecular complexity index is 430. The molecule has 0 saturated heterocycles. The molecule has 1 aromatic carbocycles. The third-order valence-corrected chi connectivity index (χ3v) is 2.89. The Morgan fingerprint density at radius 3 is 2.05 bits per heavy atom. The van der Waals surface area contributed by atoms with Crippen molar-refractivity contribution >= 4 is 5.69 Å². The number of nitro groups is 1. The fourth-order valence-electron chi connectivity index (χ4n) is 2.47. The van der Waals surface area contributed by atoms with Gasteiger partial charge in [0.2, 0.25) is 0 Å². The number of non-ortho nitro benzene ring substituents is 1. The molecule has 0 unspecified atom stereocenters. The van der Waals surface area contributed by atoms with E-state index in [-0.39, 0.29) is 21.6 Å². The molecule has 0 aliphatic heterocycles. The van der Waals surface area contributed by atoms with E-state index in [1.807, 2.05) is 0 Å². The van der Waals surface area contributed by atoms with E-state index in [0.717, 1.165) is 18.5 Å². The SMILES string of the molecule is CC(C)(C)CC(C)(C)NCc1ccc([N+](=O)[O-])cc1. The van der Waals surface area contributed by atoms with Crippen LogP contribution in [0, 0.1) is 15.5 Å². The lowest BCUT2D eigenvalue weighted by Gasteiger charge is -2.33. The Morgan fingerprint density at radius 1 is 1.11 bits per heavy atom. The molecule has 19 heavy (non-hydrogen) atoms. The summed E-state index contributed by atoms with van der Waals surface area (Å²) in [6.45, 7) is 11.8. The van der Waals surface area contributed by atoms with Gasteiger partial charge in [0.25, 0.3) is 5.69 Å². The highest BCUT2D eigenvalue weighted by Gasteiger charge is 2.24. The van der Waals surface area contributed by atoms with Gasteiger partial charge in [-0.2, -0.15) is 0 Å². The highest BCUT2D eigenvalue weighted by molar-refractivity contribution is 5.32. The van der Waals surface area contributed by atoms with E-state index in [1.54, 1.807) is 24.3 Å². The molecule has 4 heteroatoms. The predicted molar refractivity (Wildman–Crippen MR) is 78.1 cm³/mol. The Balaban J connectivity index is 2.59. The summed E-state index contributed by atoms with van der Waals surface area (Å²) in [5, 5.41) is 14.1. The van der Waals surface area contributed by atoms with Crippen molar-refractivity contribution in [1.29, 1.82) is 0 Å². The molecule has 0 amide bonds. The summed E-state index contributed by atoms with van der Waals surface area (Å²) in [6, 6.07) is 6.71. The molecule has 1 aromatic rings. The second-order valence-corrected chi connectivity index (χ2v) is 6.90. The van der Waals surface area contributed by atoms with Crippen LogP contribution < -0.4 is 5.32 Å². The number of hydrogen-bond donors (Lipinski definition) is 1. The second-order valence-electron chi connectivity index (χ2n) is 6.90. The standard InChI is InChI=1S/C15H24N2O2/c1-14(2,3)11-15(4,5)16-10-12-6-8-13(9-7-12)17(18)19/h6-9,16H,10-11H2,1-5H3. The number of nitrogens with one attached hydrogen (secondary N) is 1. The quantitative estimate of drug-likeness (QED) is 0.648. The van der Waals surface area contributed by atoms with E-state index in [9.17, 15) is 10.1 Å². The van der Waals surface area contributed by atoms with Crippen molar-refractivity contribution in [3.8, 4) is 0 Å². The number of benzene rings is 1. The van der Waals surface area contributed by atoms with E-state index in [1.165, 1.54) is 0 Å². The van der Waals surface area contributed by atoms with Gasteiger partial charge in [-0.05, 0) is 31.2 Å². The molecule has 1 N–H and O–H groups in total. The van der Waals surface area contributed by atoms with Gasteiger partial charge in [-0.1, -0.05) is 32.9 Å². The van der Waals surface area contributed by atoms with E-state index in [2.05, 4.69) is 39.9 Å². The summed E-state index contributed by atoms with van der Waals surface area (Å²) in [5.41, 5.74) is 1.51. The first kappa shape index (κ1) is 15.6. The van der Waals surface area contributed by atoms with Crippen molar-refractivity contribution in [2.24, 2.45) is 5.41 Å². The smallest absolute Gasteiger partial charge is 0.269 e. The highest BCUT2D eigenvalue weighted by Crippen LogP contribution is 2.27. The molecule has 0 spiro atoms. The number of hydrogen-bond acceptors (Lipinski definition) is 3. The lowest BCUT2D eigenvalue weighted by atomic mass is 9.82. The minimum absolute atomic E-state index is 0.0417. The van der Waals surface area contributed by atoms with Gasteiger partial charge in [-0.3, -0.25) is 10.1 Å². The van der Waals surface area contributed by atoms with Crippen LogP contribution in [0.15, 0.2) is 24.3 Å². The molecular formula is C15H24N2O2. The first-order chi connectivity index (χ1) is 8.59. The maximum absolute atomic E-state index is 10.6. The molecule has 106 valence electrons. The van der Waals surface area contributed by atoms with Gasteiger partial charge in [0, 0.05) is 24.2 Å². The fraction of sp³-hybridized carbons (Fsp3) is 0.600. The van der Waals surface area contributed by atoms with Crippen LogP contribution >= 0.6 is 0 Å². The topological polar surface area (TPSA) is 55.2 Å². The molecule has 4 nitrogen and oxygen atoms in total. The zero-order valence-electron chi connectivity index (χ0n) is 12.5. The van der Waals surface area contributed by atoms with Gasteiger partial charge >= 0.3 is 0 Å². The minimum atomic E-state index is -0.374. The van der Waals surface area contributed by atoms with Crippen LogP contribution in [0.5, 0.6) is 0 Å². The Kier molecular flexibility index (Phi) is 4.69. The zero-order chi connectivity index (χ0) is 14.7. The van der Waals surface area contributed by atoms with Gasteiger partial charge in [0.15, 0.2) is 0 Å². The van der Waals surface area contributed by atoms with Crippen LogP contribution in [-0.2, 0) is 6.54 Å². The summed E-state index contributed by atoms with van der Waals surface area (Å²) in [6.07, 6.45) is 1.06. The summed E-state index contributed by atoms with van der Waals surface area (Å²) in [5.74, 6) is 0. The van der Waals surface area contributed by atoms with E-state index >= 15 is 0 Å². The van der Waals surface area contributed by atoms with Crippen molar-refractivity contribution < 1.29 is 4.92 Å². The molecule has 1 rings (SSSR count). The molecule has 0 atom stereocenters. The Labute approximate surface area is 115 Å². The van der Waals surface area contributed by atoms with Crippen molar-refractivity contribution in [3.63, 3.8) is 0 Å². The minimum Gasteiger partial charge on any atom is -0.308 e. The first-order valence-corrected chi connectivity index (χ1v) is 6.57. The summed E-state index contributed by atoms with van der Waals surface area (Å²) in [7, 11) is 0. The van der Waals surface area contributed by atoms with Crippen molar-refractivity contribution in [1.82, 2.24) is 5.32 Å². The summed E-state index contributed by atoms with van der Waals surface area (Å²) < 4.78 is 0. The van der Waals surface area contributed by atoms with Gasteiger partial charge in [0.1, 0.15) is 0 Å². The molecule has 0 bridgehead atoms. The molecule has 0 radical (unpaired) electrons. The maximum Gasteiger partial charge on any atom is 0.269 e. The van der Waals surface area contributed by atoms with Crippen LogP contribution in [0.3, 0.4) is 0 Å². The van der Waals surface area contributed by atoms with Crippen molar-refractivity contribution in [3.05, 3.63) is 39.9 Å². The molecule has 0 aliphatic carbocycles. The van der Waals surface area contributed by atoms with Crippen molar-refractivity contribution in [2.75, 3.05) is 0 Å². The second kappa shape index (κ2) is 5.70. The average Bonchev–Trinajstić information content (AvgIpc) is 2.24. The summed E-state index contributed by atoms with van der Waals surface area (Å²) in [4.78, 5) is 10.2. The first-order valence-electron chi connectivity index (χ1n) is 6.57. The van der Waals surface area contributed by atoms with E-state index in [0.29, 0.717) is 0 Å². The fourth-order valence-corrected chi connectivity index (χ4v) is 2.47. The Morgan fingerprint density at radius 2 is 1.63 bits per heavy atom. The third kappa shape index (κ3) is 5.83. The Hall–Kier alpha value is -1.42. The molecule has 0 saturated carbocycles. The van der Waals surface area contributed by atoms with Crippen molar-refractivity contribution in [2.45, 2.75) is 53.1 Å². The van der Waals surface area contributed by atoms with Crippen LogP contribution in [0.1, 0.15) is 46.6 Å². The molecule has 0 aromatic heterocycles. The zero-order valence-corrected chi connectivity index (χ0v) is 12.5. The van der Waals surface area contributed by atoms with Gasteiger partial charge in [0.05, 0.1) is 4.92 Å².